The third kappa shape index (κ3) is 2.67. The van der Waals surface area contributed by atoms with E-state index < -0.39 is 15.1 Å². The summed E-state index contributed by atoms with van der Waals surface area (Å²) in [4.78, 5) is 0.282. The second-order valence-corrected chi connectivity index (χ2v) is 8.20. The van der Waals surface area contributed by atoms with E-state index in [4.69, 9.17) is 17.3 Å². The quantitative estimate of drug-likeness (QED) is 0.933. The monoisotopic (exact) mass is 335 g/mol. The first-order valence-corrected chi connectivity index (χ1v) is 9.21. The number of hydrogen-bond donors (Lipinski definition) is 1. The number of rotatable bonds is 4. The molecule has 0 spiro atoms. The van der Waals surface area contributed by atoms with Crippen molar-refractivity contribution in [1.82, 2.24) is 0 Å². The minimum Gasteiger partial charge on any atom is -0.326 e. The van der Waals surface area contributed by atoms with Crippen molar-refractivity contribution in [3.05, 3.63) is 64.7 Å². The molecule has 0 aromatic heterocycles. The Hall–Kier alpha value is -1.36. The Morgan fingerprint density at radius 2 is 1.64 bits per heavy atom. The molecule has 2 aromatic carbocycles. The molecule has 1 fully saturated rings. The van der Waals surface area contributed by atoms with Gasteiger partial charge in [0.25, 0.3) is 0 Å². The predicted octanol–water partition coefficient (Wildman–Crippen LogP) is 3.17. The molecule has 0 unspecified atom stereocenters. The highest BCUT2D eigenvalue weighted by Crippen LogP contribution is 2.47. The molecule has 0 saturated heterocycles. The minimum atomic E-state index is -3.43. The highest BCUT2D eigenvalue weighted by atomic mass is 35.5. The van der Waals surface area contributed by atoms with Crippen LogP contribution in [0.4, 0.5) is 0 Å². The van der Waals surface area contributed by atoms with Crippen molar-refractivity contribution in [3.8, 4) is 0 Å². The largest absolute Gasteiger partial charge is 0.326 e. The summed E-state index contributed by atoms with van der Waals surface area (Å²) in [6.07, 6.45) is 0.962. The van der Waals surface area contributed by atoms with E-state index in [-0.39, 0.29) is 16.9 Å². The van der Waals surface area contributed by atoms with Crippen LogP contribution < -0.4 is 5.73 Å². The van der Waals surface area contributed by atoms with Gasteiger partial charge in [0.1, 0.15) is 0 Å². The summed E-state index contributed by atoms with van der Waals surface area (Å²) in [6, 6.07) is 14.0. The molecule has 0 heterocycles. The lowest BCUT2D eigenvalue weighted by Gasteiger charge is -2.05. The van der Waals surface area contributed by atoms with Gasteiger partial charge in [0.2, 0.25) is 0 Å². The Morgan fingerprint density at radius 1 is 1.05 bits per heavy atom. The first-order chi connectivity index (χ1) is 10.4. The van der Waals surface area contributed by atoms with Crippen LogP contribution in [0.5, 0.6) is 0 Å². The maximum atomic E-state index is 12.7. The van der Waals surface area contributed by atoms with Gasteiger partial charge in [0.05, 0.1) is 10.1 Å². The lowest BCUT2D eigenvalue weighted by atomic mass is 10.1. The Kier molecular flexibility index (Phi) is 4.02. The second kappa shape index (κ2) is 5.69. The molecule has 116 valence electrons. The van der Waals surface area contributed by atoms with E-state index in [0.29, 0.717) is 5.02 Å². The molecule has 2 N–H and O–H groups in total. The van der Waals surface area contributed by atoms with Gasteiger partial charge in [-0.3, -0.25) is 0 Å². The summed E-state index contributed by atoms with van der Waals surface area (Å²) < 4.78 is 25.4. The molecule has 22 heavy (non-hydrogen) atoms. The third-order valence-electron chi connectivity index (χ3n) is 4.28. The summed E-state index contributed by atoms with van der Waals surface area (Å²) in [7, 11) is -3.43. The maximum absolute atomic E-state index is 12.7. The fourth-order valence-corrected chi connectivity index (χ4v) is 5.05. The molecule has 1 aliphatic carbocycles. The van der Waals surface area contributed by atoms with Gasteiger partial charge < -0.3 is 5.73 Å². The molecule has 0 radical (unpaired) electrons. The summed E-state index contributed by atoms with van der Waals surface area (Å²) in [5, 5.41) is -0.0353. The molecule has 3 atom stereocenters. The Bertz CT molecular complexity index is 769. The topological polar surface area (TPSA) is 60.2 Å². The van der Waals surface area contributed by atoms with Crippen molar-refractivity contribution in [2.75, 3.05) is 0 Å². The highest BCUT2D eigenvalue weighted by molar-refractivity contribution is 7.92. The van der Waals surface area contributed by atoms with Crippen molar-refractivity contribution in [2.45, 2.75) is 35.4 Å². The third-order valence-corrected chi connectivity index (χ3v) is 6.79. The number of hydrogen-bond acceptors (Lipinski definition) is 3. The van der Waals surface area contributed by atoms with E-state index in [1.165, 1.54) is 5.56 Å². The van der Waals surface area contributed by atoms with Gasteiger partial charge in [-0.05, 0) is 41.8 Å². The van der Waals surface area contributed by atoms with Crippen LogP contribution in [0.3, 0.4) is 0 Å². The lowest BCUT2D eigenvalue weighted by Crippen LogP contribution is -2.15. The molecule has 0 amide bonds. The van der Waals surface area contributed by atoms with Crippen LogP contribution in [0.25, 0.3) is 0 Å². The minimum absolute atomic E-state index is 0.133. The highest BCUT2D eigenvalue weighted by Gasteiger charge is 2.57. The molecule has 5 heteroatoms. The second-order valence-electron chi connectivity index (χ2n) is 5.66. The van der Waals surface area contributed by atoms with E-state index in [1.54, 1.807) is 24.3 Å². The fraction of sp³-hybridized carbons (Fsp3) is 0.294. The number of nitrogens with two attached hydrogens (primary N) is 1. The van der Waals surface area contributed by atoms with Gasteiger partial charge in [0, 0.05) is 17.0 Å². The van der Waals surface area contributed by atoms with Crippen LogP contribution in [0.2, 0.25) is 5.02 Å². The number of halogens is 1. The molecule has 1 aliphatic rings. The van der Waals surface area contributed by atoms with Gasteiger partial charge in [0.15, 0.2) is 9.84 Å². The van der Waals surface area contributed by atoms with Gasteiger partial charge in [-0.25, -0.2) is 8.42 Å². The smallest absolute Gasteiger partial charge is 0.183 e. The van der Waals surface area contributed by atoms with Crippen LogP contribution in [-0.4, -0.2) is 19.7 Å². The van der Waals surface area contributed by atoms with E-state index >= 15 is 0 Å². The standard InChI is InChI=1S/C17H18ClNO2S/c1-2-11-3-5-12(6-4-11)15-16(19)17(15)22(20,21)14-9-7-13(18)8-10-14/h3-10,15-17H,2,19H2,1H3/t15-,16-,17-/m1/s1. The Balaban J connectivity index is 1.87. The van der Waals surface area contributed by atoms with Crippen molar-refractivity contribution >= 4 is 21.4 Å². The molecule has 3 rings (SSSR count). The Morgan fingerprint density at radius 3 is 2.18 bits per heavy atom. The van der Waals surface area contributed by atoms with Gasteiger partial charge >= 0.3 is 0 Å². The predicted molar refractivity (Wildman–Crippen MR) is 89.0 cm³/mol. The molecular formula is C17H18ClNO2S. The zero-order valence-corrected chi connectivity index (χ0v) is 13.8. The van der Waals surface area contributed by atoms with Crippen LogP contribution in [0, 0.1) is 0 Å². The zero-order valence-electron chi connectivity index (χ0n) is 12.2. The first kappa shape index (κ1) is 15.5. The van der Waals surface area contributed by atoms with Gasteiger partial charge in [-0.15, -0.1) is 0 Å². The molecule has 2 aromatic rings. The maximum Gasteiger partial charge on any atom is 0.183 e. The average molecular weight is 336 g/mol. The van der Waals surface area contributed by atoms with Crippen LogP contribution in [0.1, 0.15) is 24.0 Å². The van der Waals surface area contributed by atoms with Crippen molar-refractivity contribution in [3.63, 3.8) is 0 Å². The van der Waals surface area contributed by atoms with E-state index in [2.05, 4.69) is 6.92 Å². The van der Waals surface area contributed by atoms with E-state index in [0.717, 1.165) is 12.0 Å². The van der Waals surface area contributed by atoms with Gasteiger partial charge in [-0.2, -0.15) is 0 Å². The summed E-state index contributed by atoms with van der Waals surface area (Å²) in [5.74, 6) is -0.133. The van der Waals surface area contributed by atoms with Crippen molar-refractivity contribution in [1.29, 1.82) is 0 Å². The Labute approximate surface area is 136 Å². The van der Waals surface area contributed by atoms with E-state index in [1.807, 2.05) is 24.3 Å². The van der Waals surface area contributed by atoms with Crippen LogP contribution in [0.15, 0.2) is 53.4 Å². The SMILES string of the molecule is CCc1ccc([C@@H]2[C@@H](N)[C@@H]2S(=O)(=O)c2ccc(Cl)cc2)cc1. The fourth-order valence-electron chi connectivity index (χ4n) is 2.87. The first-order valence-electron chi connectivity index (χ1n) is 7.29. The van der Waals surface area contributed by atoms with Crippen molar-refractivity contribution < 1.29 is 8.42 Å². The molecule has 1 saturated carbocycles. The van der Waals surface area contributed by atoms with Crippen LogP contribution in [-0.2, 0) is 16.3 Å². The number of aryl methyl sites for hydroxylation is 1. The van der Waals surface area contributed by atoms with E-state index in [9.17, 15) is 8.42 Å². The lowest BCUT2D eigenvalue weighted by molar-refractivity contribution is 0.593. The number of sulfone groups is 1. The summed E-state index contributed by atoms with van der Waals surface area (Å²) in [6.45, 7) is 2.09. The van der Waals surface area contributed by atoms with Gasteiger partial charge in [-0.1, -0.05) is 42.8 Å². The molecule has 3 nitrogen and oxygen atoms in total. The van der Waals surface area contributed by atoms with Crippen molar-refractivity contribution in [2.24, 2.45) is 5.73 Å². The zero-order chi connectivity index (χ0) is 15.9. The summed E-state index contributed by atoms with van der Waals surface area (Å²) >= 11 is 5.82. The molecular weight excluding hydrogens is 318 g/mol. The number of benzene rings is 2. The molecule has 0 aliphatic heterocycles. The normalized spacial score (nSPS) is 24.2. The summed E-state index contributed by atoms with van der Waals surface area (Å²) in [5.41, 5.74) is 8.29. The average Bonchev–Trinajstić information content (AvgIpc) is 3.20. The molecule has 0 bridgehead atoms. The van der Waals surface area contributed by atoms with Crippen LogP contribution >= 0.6 is 11.6 Å².